The second-order valence-corrected chi connectivity index (χ2v) is 8.92. The summed E-state index contributed by atoms with van der Waals surface area (Å²) in [6.07, 6.45) is 4.53. The monoisotopic (exact) mass is 513 g/mol. The van der Waals surface area contributed by atoms with Gasteiger partial charge in [0, 0.05) is 30.7 Å². The zero-order chi connectivity index (χ0) is 25.9. The van der Waals surface area contributed by atoms with Gasteiger partial charge in [0.25, 0.3) is 5.78 Å². The van der Waals surface area contributed by atoms with Crippen LogP contribution < -0.4 is 19.7 Å². The summed E-state index contributed by atoms with van der Waals surface area (Å²) in [4.78, 5) is 27.6. The first kappa shape index (κ1) is 23.6. The van der Waals surface area contributed by atoms with E-state index in [-0.39, 0.29) is 24.3 Å². The molecule has 1 aliphatic rings. The van der Waals surface area contributed by atoms with Crippen molar-refractivity contribution in [1.29, 1.82) is 0 Å². The summed E-state index contributed by atoms with van der Waals surface area (Å²) in [6, 6.07) is 17.1. The first-order chi connectivity index (χ1) is 18.6. The van der Waals surface area contributed by atoms with E-state index in [4.69, 9.17) is 9.47 Å². The molecule has 1 aliphatic heterocycles. The van der Waals surface area contributed by atoms with Crippen LogP contribution in [0.2, 0.25) is 0 Å². The lowest BCUT2D eigenvalue weighted by Gasteiger charge is -2.26. The molecule has 0 saturated carbocycles. The number of halogens is 1. The Bertz CT molecular complexity index is 1590. The largest absolute Gasteiger partial charge is 0.491 e. The Morgan fingerprint density at radius 1 is 1.11 bits per heavy atom. The number of nitrogens with one attached hydrogen (secondary N) is 1. The van der Waals surface area contributed by atoms with E-state index >= 15 is 0 Å². The molecule has 4 heterocycles. The fourth-order valence-electron chi connectivity index (χ4n) is 4.64. The highest BCUT2D eigenvalue weighted by molar-refractivity contribution is 5.86. The van der Waals surface area contributed by atoms with Gasteiger partial charge in [0.05, 0.1) is 11.6 Å². The third kappa shape index (κ3) is 4.90. The highest BCUT2D eigenvalue weighted by atomic mass is 19.1. The fraction of sp³-hybridized carbons (Fsp3) is 0.222. The highest BCUT2D eigenvalue weighted by Crippen LogP contribution is 2.31. The number of rotatable bonds is 7. The Balaban J connectivity index is 1.17. The normalized spacial score (nSPS) is 15.2. The number of benzene rings is 2. The standard InChI is InChI=1S/C27H24FN7O3/c28-19-9-7-18(8-10-19)15-30-27(36)38-24-14-23(21-5-1-2-6-22(21)33-24)37-16-20-4-3-13-34(20)25-11-12-29-26-31-17-32-35(25)26/h1-2,5-12,14,17,20H,3-4,13,15-16H2,(H,30,36)/t20-/m1/s1. The van der Waals surface area contributed by atoms with Crippen molar-refractivity contribution in [2.24, 2.45) is 0 Å². The minimum absolute atomic E-state index is 0.111. The van der Waals surface area contributed by atoms with Crippen LogP contribution in [-0.2, 0) is 6.54 Å². The van der Waals surface area contributed by atoms with Gasteiger partial charge in [0.2, 0.25) is 5.88 Å². The van der Waals surface area contributed by atoms with Crippen LogP contribution in [0.5, 0.6) is 11.6 Å². The van der Waals surface area contributed by atoms with Gasteiger partial charge >= 0.3 is 6.09 Å². The number of carbonyl (C=O) groups excluding carboxylic acids is 1. The highest BCUT2D eigenvalue weighted by Gasteiger charge is 2.28. The molecule has 1 saturated heterocycles. The molecule has 38 heavy (non-hydrogen) atoms. The van der Waals surface area contributed by atoms with Crippen LogP contribution in [0.25, 0.3) is 16.7 Å². The van der Waals surface area contributed by atoms with Crippen molar-refractivity contribution in [1.82, 2.24) is 29.9 Å². The van der Waals surface area contributed by atoms with E-state index in [1.54, 1.807) is 28.9 Å². The Morgan fingerprint density at radius 2 is 1.97 bits per heavy atom. The predicted octanol–water partition coefficient (Wildman–Crippen LogP) is 4.15. The maximum absolute atomic E-state index is 13.1. The smallest absolute Gasteiger partial charge is 0.414 e. The van der Waals surface area contributed by atoms with Crippen molar-refractivity contribution in [3.63, 3.8) is 0 Å². The summed E-state index contributed by atoms with van der Waals surface area (Å²) >= 11 is 0. The molecule has 0 unspecified atom stereocenters. The lowest BCUT2D eigenvalue weighted by atomic mass is 10.2. The van der Waals surface area contributed by atoms with Crippen LogP contribution in [0, 0.1) is 5.82 Å². The Labute approximate surface area is 217 Å². The zero-order valence-corrected chi connectivity index (χ0v) is 20.3. The minimum atomic E-state index is -0.667. The van der Waals surface area contributed by atoms with Crippen LogP contribution in [0.3, 0.4) is 0 Å². The number of hydrogen-bond donors (Lipinski definition) is 1. The topological polar surface area (TPSA) is 107 Å². The van der Waals surface area contributed by atoms with Gasteiger partial charge in [0.15, 0.2) is 0 Å². The summed E-state index contributed by atoms with van der Waals surface area (Å²) < 4.78 is 26.6. The average Bonchev–Trinajstić information content (AvgIpc) is 3.61. The molecular formula is C27H24FN7O3. The molecular weight excluding hydrogens is 489 g/mol. The van der Waals surface area contributed by atoms with E-state index < -0.39 is 6.09 Å². The Kier molecular flexibility index (Phi) is 6.39. The molecule has 192 valence electrons. The second-order valence-electron chi connectivity index (χ2n) is 8.92. The number of nitrogens with zero attached hydrogens (tertiary/aromatic N) is 6. The molecule has 0 aliphatic carbocycles. The number of anilines is 1. The van der Waals surface area contributed by atoms with E-state index in [1.165, 1.54) is 18.5 Å². The van der Waals surface area contributed by atoms with E-state index in [0.717, 1.165) is 36.2 Å². The molecule has 11 heteroatoms. The molecule has 5 aromatic rings. The molecule has 2 aromatic carbocycles. The van der Waals surface area contributed by atoms with Crippen LogP contribution in [0.15, 0.2) is 73.2 Å². The van der Waals surface area contributed by atoms with Crippen molar-refractivity contribution in [3.8, 4) is 11.6 Å². The number of pyridine rings is 1. The molecule has 3 aromatic heterocycles. The predicted molar refractivity (Wildman–Crippen MR) is 138 cm³/mol. The van der Waals surface area contributed by atoms with Crippen LogP contribution >= 0.6 is 0 Å². The van der Waals surface area contributed by atoms with Gasteiger partial charge in [-0.1, -0.05) is 24.3 Å². The summed E-state index contributed by atoms with van der Waals surface area (Å²) in [5.74, 6) is 1.83. The van der Waals surface area contributed by atoms with Gasteiger partial charge in [-0.3, -0.25) is 0 Å². The van der Waals surface area contributed by atoms with Gasteiger partial charge in [-0.05, 0) is 48.7 Å². The van der Waals surface area contributed by atoms with E-state index in [9.17, 15) is 9.18 Å². The first-order valence-corrected chi connectivity index (χ1v) is 12.3. The summed E-state index contributed by atoms with van der Waals surface area (Å²) in [7, 11) is 0. The lowest BCUT2D eigenvalue weighted by molar-refractivity contribution is 0.198. The van der Waals surface area contributed by atoms with Crippen LogP contribution in [-0.4, -0.2) is 49.9 Å². The second kappa shape index (κ2) is 10.3. The maximum Gasteiger partial charge on any atom is 0.414 e. The number of ether oxygens (including phenoxy) is 2. The molecule has 1 fully saturated rings. The molecule has 0 radical (unpaired) electrons. The first-order valence-electron chi connectivity index (χ1n) is 12.3. The summed E-state index contributed by atoms with van der Waals surface area (Å²) in [5.41, 5.74) is 1.39. The average molecular weight is 514 g/mol. The van der Waals surface area contributed by atoms with Crippen molar-refractivity contribution in [2.75, 3.05) is 18.1 Å². The third-order valence-electron chi connectivity index (χ3n) is 6.47. The quantitative estimate of drug-likeness (QED) is 0.346. The molecule has 10 nitrogen and oxygen atoms in total. The van der Waals surface area contributed by atoms with Gasteiger partial charge in [0.1, 0.15) is 30.3 Å². The van der Waals surface area contributed by atoms with Crippen molar-refractivity contribution in [2.45, 2.75) is 25.4 Å². The van der Waals surface area contributed by atoms with Crippen molar-refractivity contribution >= 4 is 28.6 Å². The number of fused-ring (bicyclic) bond motifs is 2. The summed E-state index contributed by atoms with van der Waals surface area (Å²) in [6.45, 7) is 1.48. The molecule has 1 atom stereocenters. The molecule has 1 amide bonds. The minimum Gasteiger partial charge on any atom is -0.491 e. The number of para-hydroxylation sites is 1. The van der Waals surface area contributed by atoms with Crippen molar-refractivity contribution in [3.05, 3.63) is 84.6 Å². The molecule has 0 bridgehead atoms. The van der Waals surface area contributed by atoms with Crippen LogP contribution in [0.1, 0.15) is 18.4 Å². The van der Waals surface area contributed by atoms with Gasteiger partial charge in [-0.2, -0.15) is 14.6 Å². The van der Waals surface area contributed by atoms with Gasteiger partial charge in [-0.15, -0.1) is 0 Å². The SMILES string of the molecule is O=C(NCc1ccc(F)cc1)Oc1cc(OC[C@H]2CCCN2c2ccnc3ncnn23)c2ccccc2n1. The van der Waals surface area contributed by atoms with Gasteiger partial charge < -0.3 is 19.7 Å². The number of amides is 1. The molecule has 1 N–H and O–H groups in total. The van der Waals surface area contributed by atoms with Gasteiger partial charge in [-0.25, -0.2) is 19.2 Å². The maximum atomic E-state index is 13.1. The van der Waals surface area contributed by atoms with E-state index in [1.807, 2.05) is 30.3 Å². The zero-order valence-electron chi connectivity index (χ0n) is 20.3. The van der Waals surface area contributed by atoms with Crippen molar-refractivity contribution < 1.29 is 18.7 Å². The van der Waals surface area contributed by atoms with E-state index in [2.05, 4.69) is 30.3 Å². The Hall–Kier alpha value is -4.80. The fourth-order valence-corrected chi connectivity index (χ4v) is 4.64. The number of carbonyl (C=O) groups is 1. The molecule has 0 spiro atoms. The molecule has 6 rings (SSSR count). The summed E-state index contributed by atoms with van der Waals surface area (Å²) in [5, 5.41) is 7.79. The lowest BCUT2D eigenvalue weighted by Crippen LogP contribution is -2.35. The number of hydrogen-bond acceptors (Lipinski definition) is 8. The number of aromatic nitrogens is 5. The Morgan fingerprint density at radius 3 is 2.87 bits per heavy atom. The third-order valence-corrected chi connectivity index (χ3v) is 6.47. The van der Waals surface area contributed by atoms with Crippen LogP contribution in [0.4, 0.5) is 15.0 Å². The van der Waals surface area contributed by atoms with E-state index in [0.29, 0.717) is 23.7 Å².